The van der Waals surface area contributed by atoms with Gasteiger partial charge in [0, 0.05) is 0 Å². The molecule has 1 N–H and O–H groups in total. The van der Waals surface area contributed by atoms with E-state index in [1.54, 1.807) is 0 Å². The number of esters is 1. The van der Waals surface area contributed by atoms with Crippen molar-refractivity contribution in [2.75, 3.05) is 7.11 Å². The minimum absolute atomic E-state index is 0.325. The Morgan fingerprint density at radius 2 is 2.20 bits per heavy atom. The summed E-state index contributed by atoms with van der Waals surface area (Å²) in [6, 6.07) is 1.51. The highest BCUT2D eigenvalue weighted by molar-refractivity contribution is 5.92. The van der Waals surface area contributed by atoms with E-state index in [0.29, 0.717) is 0 Å². The summed E-state index contributed by atoms with van der Waals surface area (Å²) in [7, 11) is 1.14. The van der Waals surface area contributed by atoms with E-state index in [1.807, 2.05) is 0 Å². The van der Waals surface area contributed by atoms with Gasteiger partial charge in [0.1, 0.15) is 11.8 Å². The zero-order valence-corrected chi connectivity index (χ0v) is 5.71. The Bertz CT molecular complexity index is 208. The molecule has 0 amide bonds. The third kappa shape index (κ3) is 1.78. The van der Waals surface area contributed by atoms with Crippen LogP contribution in [0.5, 0.6) is 0 Å². The molecule has 0 saturated carbocycles. The molecular weight excluding hydrogens is 134 g/mol. The Morgan fingerprint density at radius 3 is 2.30 bits per heavy atom. The number of aliphatic hydroxyl groups is 1. The molecular formula is C6H7NO3. The van der Waals surface area contributed by atoms with Gasteiger partial charge < -0.3 is 9.84 Å². The zero-order valence-electron chi connectivity index (χ0n) is 5.71. The molecule has 4 heteroatoms. The van der Waals surface area contributed by atoms with E-state index in [2.05, 4.69) is 4.74 Å². The summed E-state index contributed by atoms with van der Waals surface area (Å²) in [4.78, 5) is 10.5. The van der Waals surface area contributed by atoms with Gasteiger partial charge >= 0.3 is 5.97 Å². The Hall–Kier alpha value is -1.50. The number of nitrogens with zero attached hydrogens (tertiary/aromatic N) is 1. The lowest BCUT2D eigenvalue weighted by Gasteiger charge is -1.95. The molecule has 0 atom stereocenters. The molecule has 0 aliphatic heterocycles. The molecule has 0 bridgehead atoms. The fourth-order valence-electron chi connectivity index (χ4n) is 0.376. The van der Waals surface area contributed by atoms with E-state index >= 15 is 0 Å². The summed E-state index contributed by atoms with van der Waals surface area (Å²) in [6.45, 7) is 1.25. The monoisotopic (exact) mass is 141 g/mol. The Morgan fingerprint density at radius 1 is 1.70 bits per heavy atom. The summed E-state index contributed by atoms with van der Waals surface area (Å²) in [6.07, 6.45) is 0. The molecule has 0 heterocycles. The van der Waals surface area contributed by atoms with Crippen molar-refractivity contribution >= 4 is 5.97 Å². The van der Waals surface area contributed by atoms with Crippen molar-refractivity contribution in [3.8, 4) is 6.07 Å². The number of carbonyl (C=O) groups is 1. The predicted octanol–water partition coefficient (Wildman–Crippen LogP) is 0.515. The second-order valence-electron chi connectivity index (χ2n) is 1.56. The van der Waals surface area contributed by atoms with Crippen molar-refractivity contribution in [2.24, 2.45) is 0 Å². The summed E-state index contributed by atoms with van der Waals surface area (Å²) in [5.41, 5.74) is -0.359. The molecule has 0 unspecified atom stereocenters. The SMILES string of the molecule is COC(=O)C(C#N)=C(C)O. The molecule has 54 valence electrons. The highest BCUT2D eigenvalue weighted by atomic mass is 16.5. The van der Waals surface area contributed by atoms with Gasteiger partial charge in [0.25, 0.3) is 0 Å². The van der Waals surface area contributed by atoms with E-state index in [-0.39, 0.29) is 11.3 Å². The lowest BCUT2D eigenvalue weighted by Crippen LogP contribution is -2.04. The average Bonchev–Trinajstić information content (AvgIpc) is 1.88. The van der Waals surface area contributed by atoms with Crippen LogP contribution in [0.1, 0.15) is 6.92 Å². The number of hydrogen-bond acceptors (Lipinski definition) is 4. The Kier molecular flexibility index (Phi) is 2.98. The van der Waals surface area contributed by atoms with Gasteiger partial charge in [-0.15, -0.1) is 0 Å². The number of methoxy groups -OCH3 is 1. The molecule has 0 aromatic heterocycles. The number of nitriles is 1. The van der Waals surface area contributed by atoms with Gasteiger partial charge in [-0.05, 0) is 6.92 Å². The fourth-order valence-corrected chi connectivity index (χ4v) is 0.376. The van der Waals surface area contributed by atoms with Crippen molar-refractivity contribution in [2.45, 2.75) is 6.92 Å². The largest absolute Gasteiger partial charge is 0.511 e. The number of allylic oxidation sites excluding steroid dienone is 1. The van der Waals surface area contributed by atoms with Gasteiger partial charge in [-0.3, -0.25) is 0 Å². The number of carbonyl (C=O) groups excluding carboxylic acids is 1. The molecule has 0 aliphatic rings. The minimum Gasteiger partial charge on any atom is -0.511 e. The van der Waals surface area contributed by atoms with Gasteiger partial charge in [-0.2, -0.15) is 5.26 Å². The maximum Gasteiger partial charge on any atom is 0.352 e. The van der Waals surface area contributed by atoms with Crippen molar-refractivity contribution in [3.05, 3.63) is 11.3 Å². The number of rotatable bonds is 1. The van der Waals surface area contributed by atoms with E-state index in [4.69, 9.17) is 10.4 Å². The summed E-state index contributed by atoms with van der Waals surface area (Å²) in [5.74, 6) is -1.14. The summed E-state index contributed by atoms with van der Waals surface area (Å²) < 4.78 is 4.19. The van der Waals surface area contributed by atoms with Crippen LogP contribution in [0.25, 0.3) is 0 Å². The van der Waals surface area contributed by atoms with Crippen LogP contribution < -0.4 is 0 Å². The quantitative estimate of drug-likeness (QED) is 0.250. The Labute approximate surface area is 58.3 Å². The lowest BCUT2D eigenvalue weighted by atomic mass is 10.2. The first kappa shape index (κ1) is 8.50. The maximum absolute atomic E-state index is 10.5. The molecule has 0 rings (SSSR count). The van der Waals surface area contributed by atoms with Crippen LogP contribution in [0.3, 0.4) is 0 Å². The first-order valence-corrected chi connectivity index (χ1v) is 2.51. The predicted molar refractivity (Wildman–Crippen MR) is 33.0 cm³/mol. The third-order valence-corrected chi connectivity index (χ3v) is 0.863. The van der Waals surface area contributed by atoms with Crippen LogP contribution in [-0.2, 0) is 9.53 Å². The topological polar surface area (TPSA) is 70.3 Å². The van der Waals surface area contributed by atoms with E-state index < -0.39 is 5.97 Å². The fraction of sp³-hybridized carbons (Fsp3) is 0.333. The molecule has 0 aromatic rings. The Balaban J connectivity index is 4.59. The summed E-state index contributed by atoms with van der Waals surface area (Å²) >= 11 is 0. The van der Waals surface area contributed by atoms with Crippen molar-refractivity contribution in [3.63, 3.8) is 0 Å². The molecule has 0 fully saturated rings. The first-order valence-electron chi connectivity index (χ1n) is 2.51. The molecule has 0 aromatic carbocycles. The molecule has 0 spiro atoms. The number of aliphatic hydroxyl groups excluding tert-OH is 1. The summed E-state index contributed by atoms with van der Waals surface area (Å²) in [5, 5.41) is 16.9. The van der Waals surface area contributed by atoms with E-state index in [0.717, 1.165) is 7.11 Å². The van der Waals surface area contributed by atoms with Crippen LogP contribution in [-0.4, -0.2) is 18.2 Å². The molecule has 4 nitrogen and oxygen atoms in total. The minimum atomic E-state index is -0.817. The molecule has 0 saturated heterocycles. The number of ether oxygens (including phenoxy) is 1. The third-order valence-electron chi connectivity index (χ3n) is 0.863. The van der Waals surface area contributed by atoms with Crippen LogP contribution in [0.15, 0.2) is 11.3 Å². The van der Waals surface area contributed by atoms with Crippen molar-refractivity contribution < 1.29 is 14.6 Å². The smallest absolute Gasteiger partial charge is 0.352 e. The van der Waals surface area contributed by atoms with Crippen LogP contribution in [0, 0.1) is 11.3 Å². The highest BCUT2D eigenvalue weighted by Crippen LogP contribution is 2.00. The average molecular weight is 141 g/mol. The molecule has 0 radical (unpaired) electrons. The van der Waals surface area contributed by atoms with Crippen LogP contribution >= 0.6 is 0 Å². The van der Waals surface area contributed by atoms with Gasteiger partial charge in [-0.25, -0.2) is 4.79 Å². The second kappa shape index (κ2) is 3.51. The van der Waals surface area contributed by atoms with E-state index in [9.17, 15) is 4.79 Å². The zero-order chi connectivity index (χ0) is 8.15. The first-order chi connectivity index (χ1) is 4.63. The normalized spacial score (nSPS) is 11.3. The lowest BCUT2D eigenvalue weighted by molar-refractivity contribution is -0.135. The van der Waals surface area contributed by atoms with Crippen molar-refractivity contribution in [1.82, 2.24) is 0 Å². The van der Waals surface area contributed by atoms with E-state index in [1.165, 1.54) is 13.0 Å². The van der Waals surface area contributed by atoms with Gasteiger partial charge in [0.05, 0.1) is 7.11 Å². The second-order valence-corrected chi connectivity index (χ2v) is 1.56. The van der Waals surface area contributed by atoms with Crippen molar-refractivity contribution in [1.29, 1.82) is 5.26 Å². The molecule has 0 aliphatic carbocycles. The van der Waals surface area contributed by atoms with Crippen LogP contribution in [0.2, 0.25) is 0 Å². The van der Waals surface area contributed by atoms with Gasteiger partial charge in [-0.1, -0.05) is 0 Å². The highest BCUT2D eigenvalue weighted by Gasteiger charge is 2.11. The molecule has 10 heavy (non-hydrogen) atoms. The van der Waals surface area contributed by atoms with Gasteiger partial charge in [0.2, 0.25) is 0 Å². The van der Waals surface area contributed by atoms with Crippen LogP contribution in [0.4, 0.5) is 0 Å². The maximum atomic E-state index is 10.5. The number of hydrogen-bond donors (Lipinski definition) is 1. The van der Waals surface area contributed by atoms with Gasteiger partial charge in [0.15, 0.2) is 5.57 Å². The standard InChI is InChI=1S/C6H7NO3/c1-4(8)5(3-7)6(9)10-2/h8H,1-2H3.